The minimum atomic E-state index is 0.216. The number of rotatable bonds is 2. The van der Waals surface area contributed by atoms with Gasteiger partial charge in [-0.15, -0.1) is 5.10 Å². The Hall–Kier alpha value is -1.43. The van der Waals surface area contributed by atoms with Gasteiger partial charge in [0, 0.05) is 45.3 Å². The summed E-state index contributed by atoms with van der Waals surface area (Å²) < 4.78 is 2.00. The maximum atomic E-state index is 11.4. The normalized spacial score (nSPS) is 23.1. The van der Waals surface area contributed by atoms with Gasteiger partial charge in [0.05, 0.1) is 12.2 Å². The molecule has 0 bridgehead atoms. The van der Waals surface area contributed by atoms with Gasteiger partial charge in [-0.3, -0.25) is 4.79 Å². The predicted octanol–water partition coefficient (Wildman–Crippen LogP) is 0.926. The van der Waals surface area contributed by atoms with E-state index in [1.165, 1.54) is 0 Å². The summed E-state index contributed by atoms with van der Waals surface area (Å²) in [5.41, 5.74) is 0. The Kier molecular flexibility index (Phi) is 4.00. The van der Waals surface area contributed by atoms with Crippen LogP contribution in [-0.2, 0) is 4.79 Å². The number of amides is 1. The van der Waals surface area contributed by atoms with E-state index < -0.39 is 0 Å². The highest BCUT2D eigenvalue weighted by atomic mass is 16.2. The highest BCUT2D eigenvalue weighted by Gasteiger charge is 2.29. The van der Waals surface area contributed by atoms with Crippen molar-refractivity contribution in [1.82, 2.24) is 24.8 Å². The molecule has 2 saturated heterocycles. The largest absolute Gasteiger partial charge is 0.343 e. The first-order valence-corrected chi connectivity index (χ1v) is 7.59. The first-order valence-electron chi connectivity index (χ1n) is 7.59. The third kappa shape index (κ3) is 2.85. The third-order valence-corrected chi connectivity index (χ3v) is 4.74. The van der Waals surface area contributed by atoms with Gasteiger partial charge < -0.3 is 9.80 Å². The minimum Gasteiger partial charge on any atom is -0.343 e. The Labute approximate surface area is 119 Å². The molecule has 0 aromatic carbocycles. The van der Waals surface area contributed by atoms with E-state index in [0.29, 0.717) is 12.1 Å². The molecule has 0 atom stereocenters. The maximum absolute atomic E-state index is 11.4. The number of aromatic nitrogens is 3. The monoisotopic (exact) mass is 277 g/mol. The Morgan fingerprint density at radius 3 is 2.25 bits per heavy atom. The van der Waals surface area contributed by atoms with Crippen molar-refractivity contribution >= 4 is 5.91 Å². The standard InChI is InChI=1S/C14H23N5O/c1-12(20)17-7-2-13(3-8-17)18-9-4-14(5-10-18)19-11-6-15-16-19/h6,11,13-14H,2-5,7-10H2,1H3. The SMILES string of the molecule is CC(=O)N1CCC(N2CCC(n3ccnn3)CC2)CC1. The van der Waals surface area contributed by atoms with Crippen LogP contribution in [-0.4, -0.2) is 62.9 Å². The fourth-order valence-corrected chi connectivity index (χ4v) is 3.47. The fourth-order valence-electron chi connectivity index (χ4n) is 3.47. The second kappa shape index (κ2) is 5.91. The third-order valence-electron chi connectivity index (χ3n) is 4.74. The second-order valence-electron chi connectivity index (χ2n) is 5.89. The number of nitrogens with zero attached hydrogens (tertiary/aromatic N) is 5. The van der Waals surface area contributed by atoms with E-state index in [-0.39, 0.29) is 5.91 Å². The van der Waals surface area contributed by atoms with E-state index in [9.17, 15) is 4.79 Å². The Morgan fingerprint density at radius 1 is 1.05 bits per heavy atom. The lowest BCUT2D eigenvalue weighted by atomic mass is 9.98. The summed E-state index contributed by atoms with van der Waals surface area (Å²) in [6, 6.07) is 1.16. The molecule has 110 valence electrons. The molecule has 0 radical (unpaired) electrons. The summed E-state index contributed by atoms with van der Waals surface area (Å²) in [6.45, 7) is 5.78. The van der Waals surface area contributed by atoms with E-state index in [0.717, 1.165) is 51.9 Å². The molecule has 1 aromatic rings. The van der Waals surface area contributed by atoms with Crippen molar-refractivity contribution in [2.24, 2.45) is 0 Å². The topological polar surface area (TPSA) is 54.3 Å². The van der Waals surface area contributed by atoms with Crippen LogP contribution in [0.25, 0.3) is 0 Å². The van der Waals surface area contributed by atoms with Gasteiger partial charge in [0.2, 0.25) is 5.91 Å². The van der Waals surface area contributed by atoms with Crippen LogP contribution >= 0.6 is 0 Å². The van der Waals surface area contributed by atoms with Gasteiger partial charge in [-0.25, -0.2) is 4.68 Å². The zero-order valence-corrected chi connectivity index (χ0v) is 12.1. The van der Waals surface area contributed by atoms with Gasteiger partial charge in [0.1, 0.15) is 0 Å². The molecule has 0 spiro atoms. The minimum absolute atomic E-state index is 0.216. The van der Waals surface area contributed by atoms with Crippen molar-refractivity contribution in [3.05, 3.63) is 12.4 Å². The highest BCUT2D eigenvalue weighted by Crippen LogP contribution is 2.26. The Morgan fingerprint density at radius 2 is 1.70 bits per heavy atom. The molecule has 3 rings (SSSR count). The molecule has 20 heavy (non-hydrogen) atoms. The average Bonchev–Trinajstić information content (AvgIpc) is 3.02. The second-order valence-corrected chi connectivity index (χ2v) is 5.89. The maximum Gasteiger partial charge on any atom is 0.219 e. The van der Waals surface area contributed by atoms with E-state index in [2.05, 4.69) is 15.2 Å². The van der Waals surface area contributed by atoms with Crippen LogP contribution in [0.3, 0.4) is 0 Å². The van der Waals surface area contributed by atoms with E-state index in [4.69, 9.17) is 0 Å². The van der Waals surface area contributed by atoms with Crippen molar-refractivity contribution in [3.8, 4) is 0 Å². The molecule has 1 amide bonds. The molecule has 1 aromatic heterocycles. The summed E-state index contributed by atoms with van der Waals surface area (Å²) in [7, 11) is 0. The van der Waals surface area contributed by atoms with Crippen LogP contribution in [0.5, 0.6) is 0 Å². The summed E-state index contributed by atoms with van der Waals surface area (Å²) in [5, 5.41) is 8.00. The lowest BCUT2D eigenvalue weighted by molar-refractivity contribution is -0.130. The van der Waals surface area contributed by atoms with Crippen molar-refractivity contribution in [1.29, 1.82) is 0 Å². The van der Waals surface area contributed by atoms with E-state index in [1.54, 1.807) is 13.1 Å². The number of carbonyl (C=O) groups excluding carboxylic acids is 1. The number of piperidine rings is 2. The summed E-state index contributed by atoms with van der Waals surface area (Å²) >= 11 is 0. The lowest BCUT2D eigenvalue weighted by Gasteiger charge is -2.41. The fraction of sp³-hybridized carbons (Fsp3) is 0.786. The molecule has 0 saturated carbocycles. The Balaban J connectivity index is 1.48. The molecule has 6 heteroatoms. The predicted molar refractivity (Wildman–Crippen MR) is 75.1 cm³/mol. The molecule has 2 fully saturated rings. The smallest absolute Gasteiger partial charge is 0.219 e. The van der Waals surface area contributed by atoms with Crippen molar-refractivity contribution in [3.63, 3.8) is 0 Å². The summed E-state index contributed by atoms with van der Waals surface area (Å²) in [5.74, 6) is 0.216. The zero-order valence-electron chi connectivity index (χ0n) is 12.1. The molecule has 2 aliphatic heterocycles. The van der Waals surface area contributed by atoms with Crippen LogP contribution < -0.4 is 0 Å². The molecular formula is C14H23N5O. The molecule has 0 N–H and O–H groups in total. The van der Waals surface area contributed by atoms with Gasteiger partial charge in [0.25, 0.3) is 0 Å². The number of hydrogen-bond acceptors (Lipinski definition) is 4. The van der Waals surface area contributed by atoms with Gasteiger partial charge in [-0.1, -0.05) is 5.21 Å². The molecule has 2 aliphatic rings. The summed E-state index contributed by atoms with van der Waals surface area (Å²) in [4.78, 5) is 15.9. The van der Waals surface area contributed by atoms with Crippen molar-refractivity contribution in [2.45, 2.75) is 44.7 Å². The van der Waals surface area contributed by atoms with Gasteiger partial charge in [-0.2, -0.15) is 0 Å². The van der Waals surface area contributed by atoms with Gasteiger partial charge in [-0.05, 0) is 25.7 Å². The lowest BCUT2D eigenvalue weighted by Crippen LogP contribution is -2.48. The number of likely N-dealkylation sites (tertiary alicyclic amines) is 2. The molecular weight excluding hydrogens is 254 g/mol. The Bertz CT molecular complexity index is 430. The quantitative estimate of drug-likeness (QED) is 0.807. The van der Waals surface area contributed by atoms with Crippen LogP contribution in [0.4, 0.5) is 0 Å². The van der Waals surface area contributed by atoms with E-state index in [1.807, 2.05) is 15.8 Å². The van der Waals surface area contributed by atoms with Gasteiger partial charge in [0.15, 0.2) is 0 Å². The molecule has 3 heterocycles. The van der Waals surface area contributed by atoms with Gasteiger partial charge >= 0.3 is 0 Å². The van der Waals surface area contributed by atoms with Crippen LogP contribution in [0.2, 0.25) is 0 Å². The van der Waals surface area contributed by atoms with Crippen molar-refractivity contribution in [2.75, 3.05) is 26.2 Å². The highest BCUT2D eigenvalue weighted by molar-refractivity contribution is 5.73. The van der Waals surface area contributed by atoms with Crippen LogP contribution in [0.1, 0.15) is 38.6 Å². The van der Waals surface area contributed by atoms with Crippen LogP contribution in [0.15, 0.2) is 12.4 Å². The number of hydrogen-bond donors (Lipinski definition) is 0. The zero-order chi connectivity index (χ0) is 13.9. The first-order chi connectivity index (χ1) is 9.74. The average molecular weight is 277 g/mol. The molecule has 6 nitrogen and oxygen atoms in total. The summed E-state index contributed by atoms with van der Waals surface area (Å²) in [6.07, 6.45) is 8.25. The van der Waals surface area contributed by atoms with Crippen LogP contribution in [0, 0.1) is 0 Å². The first kappa shape index (κ1) is 13.5. The molecule has 0 unspecified atom stereocenters. The molecule has 0 aliphatic carbocycles. The van der Waals surface area contributed by atoms with Crippen molar-refractivity contribution < 1.29 is 4.79 Å². The number of carbonyl (C=O) groups is 1. The van der Waals surface area contributed by atoms with E-state index >= 15 is 0 Å².